The van der Waals surface area contributed by atoms with Gasteiger partial charge in [0.2, 0.25) is 0 Å². The zero-order chi connectivity index (χ0) is 20.5. The number of benzene rings is 2. The second-order valence-electron chi connectivity index (χ2n) is 7.58. The fourth-order valence-electron chi connectivity index (χ4n) is 2.81. The molecular weight excluding hydrogens is 446 g/mol. The molecule has 0 aliphatic heterocycles. The summed E-state index contributed by atoms with van der Waals surface area (Å²) in [5, 5.41) is 0.964. The van der Waals surface area contributed by atoms with E-state index in [1.165, 1.54) is 12.1 Å². The SMILES string of the molecule is CC(C)(C)S(=O)NC(Cc1cc(F)cc(F)c1)c1nc2ccccc2cc1Br. The van der Waals surface area contributed by atoms with E-state index in [0.29, 0.717) is 11.3 Å². The summed E-state index contributed by atoms with van der Waals surface area (Å²) in [4.78, 5) is 4.72. The van der Waals surface area contributed by atoms with Crippen LogP contribution in [0, 0.1) is 11.6 Å². The van der Waals surface area contributed by atoms with Gasteiger partial charge in [-0.05, 0) is 73.0 Å². The van der Waals surface area contributed by atoms with Crippen LogP contribution >= 0.6 is 15.9 Å². The predicted octanol–water partition coefficient (Wildman–Crippen LogP) is 5.61. The number of pyridine rings is 1. The van der Waals surface area contributed by atoms with Gasteiger partial charge in [0.05, 0.1) is 33.0 Å². The Morgan fingerprint density at radius 3 is 2.39 bits per heavy atom. The normalized spacial score (nSPS) is 14.2. The van der Waals surface area contributed by atoms with Crippen molar-refractivity contribution in [3.63, 3.8) is 0 Å². The summed E-state index contributed by atoms with van der Waals surface area (Å²) in [5.41, 5.74) is 1.89. The fraction of sp³-hybridized carbons (Fsp3) is 0.286. The van der Waals surface area contributed by atoms with Crippen LogP contribution in [0.4, 0.5) is 8.78 Å². The first-order valence-corrected chi connectivity index (χ1v) is 10.8. The molecule has 0 saturated heterocycles. The molecule has 1 N–H and O–H groups in total. The minimum absolute atomic E-state index is 0.237. The number of hydrogen-bond donors (Lipinski definition) is 1. The molecule has 7 heteroatoms. The molecular formula is C21H21BrF2N2OS. The van der Waals surface area contributed by atoms with E-state index in [2.05, 4.69) is 20.7 Å². The monoisotopic (exact) mass is 466 g/mol. The molecule has 0 amide bonds. The van der Waals surface area contributed by atoms with E-state index >= 15 is 0 Å². The number of aromatic nitrogens is 1. The molecule has 2 unspecified atom stereocenters. The van der Waals surface area contributed by atoms with Gasteiger partial charge in [-0.25, -0.2) is 22.7 Å². The second-order valence-corrected chi connectivity index (χ2v) is 10.4. The quantitative estimate of drug-likeness (QED) is 0.530. The molecule has 3 nitrogen and oxygen atoms in total. The molecule has 0 radical (unpaired) electrons. The number of para-hydroxylation sites is 1. The standard InChI is InChI=1S/C21H21BrF2N2OS/c1-21(2,3)28(27)26-19(10-13-8-15(23)12-16(24)9-13)20-17(22)11-14-6-4-5-7-18(14)25-20/h4-9,11-12,19,26H,10H2,1-3H3. The molecule has 1 heterocycles. The van der Waals surface area contributed by atoms with Crippen molar-refractivity contribution < 1.29 is 13.0 Å². The Bertz CT molecular complexity index is 1020. The third kappa shape index (κ3) is 5.01. The lowest BCUT2D eigenvalue weighted by atomic mass is 10.0. The maximum atomic E-state index is 13.7. The molecule has 28 heavy (non-hydrogen) atoms. The number of fused-ring (bicyclic) bond motifs is 1. The highest BCUT2D eigenvalue weighted by molar-refractivity contribution is 9.10. The molecule has 2 aromatic carbocycles. The molecule has 0 spiro atoms. The summed E-state index contributed by atoms with van der Waals surface area (Å²) in [7, 11) is -1.39. The molecule has 0 aliphatic rings. The van der Waals surface area contributed by atoms with E-state index in [0.717, 1.165) is 21.4 Å². The van der Waals surface area contributed by atoms with Crippen molar-refractivity contribution in [3.8, 4) is 0 Å². The van der Waals surface area contributed by atoms with Crippen LogP contribution in [-0.4, -0.2) is 13.9 Å². The summed E-state index contributed by atoms with van der Waals surface area (Å²) in [5.74, 6) is -1.28. The number of hydrogen-bond acceptors (Lipinski definition) is 2. The van der Waals surface area contributed by atoms with E-state index in [9.17, 15) is 13.0 Å². The largest absolute Gasteiger partial charge is 0.250 e. The minimum Gasteiger partial charge on any atom is -0.250 e. The molecule has 3 aromatic rings. The van der Waals surface area contributed by atoms with Gasteiger partial charge in [-0.3, -0.25) is 0 Å². The Hall–Kier alpha value is -1.70. The lowest BCUT2D eigenvalue weighted by Gasteiger charge is -2.25. The Kier molecular flexibility index (Phi) is 6.27. The van der Waals surface area contributed by atoms with Gasteiger partial charge in [-0.1, -0.05) is 18.2 Å². The maximum absolute atomic E-state index is 13.7. The molecule has 3 rings (SSSR count). The minimum atomic E-state index is -1.39. The van der Waals surface area contributed by atoms with Gasteiger partial charge in [-0.2, -0.15) is 0 Å². The summed E-state index contributed by atoms with van der Waals surface area (Å²) < 4.78 is 43.4. The highest BCUT2D eigenvalue weighted by Gasteiger charge is 2.26. The van der Waals surface area contributed by atoms with Gasteiger partial charge >= 0.3 is 0 Å². The first-order chi connectivity index (χ1) is 13.1. The molecule has 0 saturated carbocycles. The van der Waals surface area contributed by atoms with Crippen molar-refractivity contribution >= 4 is 37.8 Å². The van der Waals surface area contributed by atoms with Crippen LogP contribution in [0.1, 0.15) is 38.1 Å². The Balaban J connectivity index is 2.05. The molecule has 0 bridgehead atoms. The summed E-state index contributed by atoms with van der Waals surface area (Å²) in [6.45, 7) is 5.58. The topological polar surface area (TPSA) is 42.0 Å². The van der Waals surface area contributed by atoms with Crippen LogP contribution < -0.4 is 4.72 Å². The van der Waals surface area contributed by atoms with Crippen LogP contribution in [0.25, 0.3) is 10.9 Å². The van der Waals surface area contributed by atoms with Gasteiger partial charge in [-0.15, -0.1) is 0 Å². The van der Waals surface area contributed by atoms with E-state index in [-0.39, 0.29) is 6.42 Å². The van der Waals surface area contributed by atoms with Crippen molar-refractivity contribution in [1.82, 2.24) is 9.71 Å². The molecule has 148 valence electrons. The second kappa shape index (κ2) is 8.35. The average Bonchev–Trinajstić information content (AvgIpc) is 2.58. The lowest BCUT2D eigenvalue weighted by molar-refractivity contribution is 0.566. The number of nitrogens with zero attached hydrogens (tertiary/aromatic N) is 1. The van der Waals surface area contributed by atoms with Crippen molar-refractivity contribution in [1.29, 1.82) is 0 Å². The van der Waals surface area contributed by atoms with Crippen LogP contribution in [-0.2, 0) is 17.4 Å². The first kappa shape index (κ1) is 21.0. The number of rotatable bonds is 5. The van der Waals surface area contributed by atoms with Crippen LogP contribution in [0.15, 0.2) is 53.0 Å². The highest BCUT2D eigenvalue weighted by Crippen LogP contribution is 2.29. The fourth-order valence-corrected chi connectivity index (χ4v) is 4.23. The predicted molar refractivity (Wildman–Crippen MR) is 113 cm³/mol. The van der Waals surface area contributed by atoms with Crippen LogP contribution in [0.2, 0.25) is 0 Å². The van der Waals surface area contributed by atoms with Gasteiger partial charge in [0.1, 0.15) is 11.6 Å². The van der Waals surface area contributed by atoms with Crippen molar-refractivity contribution in [3.05, 3.63) is 75.9 Å². The Labute approximate surface area is 174 Å². The Morgan fingerprint density at radius 2 is 1.75 bits per heavy atom. The molecule has 1 aromatic heterocycles. The summed E-state index contributed by atoms with van der Waals surface area (Å²) >= 11 is 3.55. The van der Waals surface area contributed by atoms with Gasteiger partial charge in [0.15, 0.2) is 0 Å². The third-order valence-electron chi connectivity index (χ3n) is 4.20. The molecule has 0 fully saturated rings. The van der Waals surface area contributed by atoms with E-state index < -0.39 is 33.4 Å². The summed E-state index contributed by atoms with van der Waals surface area (Å²) in [6.07, 6.45) is 0.237. The van der Waals surface area contributed by atoms with E-state index in [1.807, 2.05) is 51.1 Å². The smallest absolute Gasteiger partial charge is 0.126 e. The van der Waals surface area contributed by atoms with Gasteiger partial charge < -0.3 is 0 Å². The average molecular weight is 467 g/mol. The third-order valence-corrected chi connectivity index (χ3v) is 6.45. The van der Waals surface area contributed by atoms with Crippen molar-refractivity contribution in [2.45, 2.75) is 38.0 Å². The van der Waals surface area contributed by atoms with E-state index in [4.69, 9.17) is 4.98 Å². The molecule has 0 aliphatic carbocycles. The number of halogens is 3. The first-order valence-electron chi connectivity index (χ1n) is 8.81. The molecule has 2 atom stereocenters. The highest BCUT2D eigenvalue weighted by atomic mass is 79.9. The summed E-state index contributed by atoms with van der Waals surface area (Å²) in [6, 6.07) is 12.5. The zero-order valence-corrected chi connectivity index (χ0v) is 18.2. The van der Waals surface area contributed by atoms with Crippen molar-refractivity contribution in [2.24, 2.45) is 0 Å². The van der Waals surface area contributed by atoms with Gasteiger partial charge in [0.25, 0.3) is 0 Å². The van der Waals surface area contributed by atoms with Crippen molar-refractivity contribution in [2.75, 3.05) is 0 Å². The zero-order valence-electron chi connectivity index (χ0n) is 15.8. The van der Waals surface area contributed by atoms with Crippen LogP contribution in [0.5, 0.6) is 0 Å². The lowest BCUT2D eigenvalue weighted by Crippen LogP contribution is -2.37. The maximum Gasteiger partial charge on any atom is 0.126 e. The Morgan fingerprint density at radius 1 is 1.11 bits per heavy atom. The van der Waals surface area contributed by atoms with Gasteiger partial charge in [0, 0.05) is 15.9 Å². The van der Waals surface area contributed by atoms with E-state index in [1.54, 1.807) is 0 Å². The van der Waals surface area contributed by atoms with Crippen LogP contribution in [0.3, 0.4) is 0 Å². The number of nitrogens with one attached hydrogen (secondary N) is 1.